The molecule has 9 nitrogen and oxygen atoms in total. The molecule has 0 bridgehead atoms. The van der Waals surface area contributed by atoms with Crippen LogP contribution in [0.4, 0.5) is 10.2 Å². The van der Waals surface area contributed by atoms with Crippen molar-refractivity contribution in [1.29, 1.82) is 0 Å². The summed E-state index contributed by atoms with van der Waals surface area (Å²) in [5.74, 6) is 0.403. The molecule has 2 aromatic heterocycles. The van der Waals surface area contributed by atoms with Gasteiger partial charge in [-0.25, -0.2) is 19.3 Å². The van der Waals surface area contributed by atoms with Crippen molar-refractivity contribution in [3.63, 3.8) is 0 Å². The Balaban J connectivity index is 1.41. The number of nitrogens with zero attached hydrogens (tertiary/aromatic N) is 5. The molecule has 2 aliphatic rings. The van der Waals surface area contributed by atoms with E-state index < -0.39 is 31.1 Å². The maximum Gasteiger partial charge on any atom is 0.167 e. The summed E-state index contributed by atoms with van der Waals surface area (Å²) in [7, 11) is 0. The molecule has 4 heterocycles. The zero-order valence-corrected chi connectivity index (χ0v) is 16.5. The maximum atomic E-state index is 13.2. The van der Waals surface area contributed by atoms with Gasteiger partial charge in [-0.05, 0) is 29.7 Å². The first-order valence-electron chi connectivity index (χ1n) is 10.1. The summed E-state index contributed by atoms with van der Waals surface area (Å²) >= 11 is 0. The number of anilines is 1. The monoisotopic (exact) mass is 427 g/mol. The Morgan fingerprint density at radius 3 is 2.58 bits per heavy atom. The molecule has 0 aliphatic carbocycles. The van der Waals surface area contributed by atoms with E-state index in [0.717, 1.165) is 17.6 Å². The summed E-state index contributed by atoms with van der Waals surface area (Å²) in [6, 6.07) is 6.48. The van der Waals surface area contributed by atoms with Gasteiger partial charge in [0.15, 0.2) is 23.2 Å². The lowest BCUT2D eigenvalue weighted by Gasteiger charge is -2.27. The minimum absolute atomic E-state index is 0.255. The van der Waals surface area contributed by atoms with Gasteiger partial charge < -0.3 is 25.0 Å². The average molecular weight is 427 g/mol. The summed E-state index contributed by atoms with van der Waals surface area (Å²) in [6.45, 7) is 0.910. The standard InChI is InChI=1S/C21H22FN5O4/c22-14-3-1-12(2-4-14)13-5-7-26(8-6-13)19-16-20(24-10-23-19)27(11-25-16)21-18(30)17(29)15(9-28)31-21/h1-5,10-11,15,17-18,21,28-30H,6-9H2/t15-,17-,18-,21-/m1/s1. The molecule has 2 aliphatic heterocycles. The third-order valence-corrected chi connectivity index (χ3v) is 5.85. The SMILES string of the molecule is OC[C@H]1O[C@@H](n2cnc3c(N4CC=C(c5ccc(F)cc5)CC4)ncnc32)[C@H](O)[C@@H]1O. The second-order valence-corrected chi connectivity index (χ2v) is 7.68. The van der Waals surface area contributed by atoms with Crippen LogP contribution in [-0.4, -0.2) is 72.8 Å². The fourth-order valence-corrected chi connectivity index (χ4v) is 4.15. The highest BCUT2D eigenvalue weighted by Gasteiger charge is 2.44. The van der Waals surface area contributed by atoms with Crippen molar-refractivity contribution in [1.82, 2.24) is 19.5 Å². The number of hydrogen-bond donors (Lipinski definition) is 3. The normalized spacial score (nSPS) is 26.5. The average Bonchev–Trinajstić information content (AvgIpc) is 3.35. The van der Waals surface area contributed by atoms with Crippen LogP contribution in [-0.2, 0) is 4.74 Å². The third kappa shape index (κ3) is 3.47. The third-order valence-electron chi connectivity index (χ3n) is 5.85. The van der Waals surface area contributed by atoms with E-state index in [2.05, 4.69) is 25.9 Å². The first-order valence-corrected chi connectivity index (χ1v) is 10.1. The van der Waals surface area contributed by atoms with E-state index in [0.29, 0.717) is 30.1 Å². The first kappa shape index (κ1) is 20.0. The number of halogens is 1. The van der Waals surface area contributed by atoms with Crippen LogP contribution in [0, 0.1) is 5.82 Å². The quantitative estimate of drug-likeness (QED) is 0.562. The summed E-state index contributed by atoms with van der Waals surface area (Å²) in [5.41, 5.74) is 3.17. The second kappa shape index (κ2) is 7.97. The van der Waals surface area contributed by atoms with E-state index in [-0.39, 0.29) is 5.82 Å². The molecular formula is C21H22FN5O4. The van der Waals surface area contributed by atoms with Crippen LogP contribution in [0.15, 0.2) is 43.0 Å². The van der Waals surface area contributed by atoms with Crippen molar-refractivity contribution >= 4 is 22.6 Å². The number of benzene rings is 1. The molecule has 1 fully saturated rings. The van der Waals surface area contributed by atoms with Gasteiger partial charge in [0.2, 0.25) is 0 Å². The van der Waals surface area contributed by atoms with Crippen LogP contribution < -0.4 is 4.90 Å². The molecule has 162 valence electrons. The Labute approximate surface area is 177 Å². The van der Waals surface area contributed by atoms with Crippen molar-refractivity contribution in [2.75, 3.05) is 24.6 Å². The van der Waals surface area contributed by atoms with Crippen LogP contribution in [0.1, 0.15) is 18.2 Å². The fourth-order valence-electron chi connectivity index (χ4n) is 4.15. The Kier molecular flexibility index (Phi) is 5.14. The minimum Gasteiger partial charge on any atom is -0.394 e. The highest BCUT2D eigenvalue weighted by atomic mass is 19.1. The van der Waals surface area contributed by atoms with E-state index in [9.17, 15) is 19.7 Å². The van der Waals surface area contributed by atoms with Crippen molar-refractivity contribution in [2.45, 2.75) is 31.0 Å². The maximum absolute atomic E-state index is 13.2. The van der Waals surface area contributed by atoms with Crippen LogP contribution in [0.5, 0.6) is 0 Å². The van der Waals surface area contributed by atoms with E-state index in [1.807, 2.05) is 0 Å². The molecule has 31 heavy (non-hydrogen) atoms. The van der Waals surface area contributed by atoms with E-state index in [1.54, 1.807) is 16.7 Å². The Bertz CT molecular complexity index is 1120. The highest BCUT2D eigenvalue weighted by molar-refractivity contribution is 5.84. The molecule has 0 radical (unpaired) electrons. The molecule has 5 rings (SSSR count). The molecule has 10 heteroatoms. The van der Waals surface area contributed by atoms with E-state index in [1.165, 1.54) is 24.8 Å². The lowest BCUT2D eigenvalue weighted by atomic mass is 9.99. The minimum atomic E-state index is -1.22. The summed E-state index contributed by atoms with van der Waals surface area (Å²) in [6.07, 6.45) is 1.57. The van der Waals surface area contributed by atoms with Crippen molar-refractivity contribution < 1.29 is 24.4 Å². The molecule has 0 unspecified atom stereocenters. The fraction of sp³-hybridized carbons (Fsp3) is 0.381. The Morgan fingerprint density at radius 1 is 1.10 bits per heavy atom. The van der Waals surface area contributed by atoms with Gasteiger partial charge in [0, 0.05) is 13.1 Å². The number of hydrogen-bond acceptors (Lipinski definition) is 8. The van der Waals surface area contributed by atoms with Crippen LogP contribution >= 0.6 is 0 Å². The van der Waals surface area contributed by atoms with Gasteiger partial charge >= 0.3 is 0 Å². The molecule has 1 saturated heterocycles. The molecule has 0 spiro atoms. The van der Waals surface area contributed by atoms with Crippen LogP contribution in [0.3, 0.4) is 0 Å². The van der Waals surface area contributed by atoms with Crippen LogP contribution in [0.2, 0.25) is 0 Å². The van der Waals surface area contributed by atoms with E-state index >= 15 is 0 Å². The number of imidazole rings is 1. The molecule has 3 N–H and O–H groups in total. The summed E-state index contributed by atoms with van der Waals surface area (Å²) in [5, 5.41) is 29.7. The number of aliphatic hydroxyl groups excluding tert-OH is 3. The topological polar surface area (TPSA) is 117 Å². The molecule has 0 amide bonds. The van der Waals surface area contributed by atoms with Crippen LogP contribution in [0.25, 0.3) is 16.7 Å². The number of rotatable bonds is 4. The van der Waals surface area contributed by atoms with Gasteiger partial charge in [-0.15, -0.1) is 0 Å². The molecule has 3 aromatic rings. The van der Waals surface area contributed by atoms with Gasteiger partial charge in [-0.3, -0.25) is 4.57 Å². The molecule has 1 aromatic carbocycles. The molecule has 0 saturated carbocycles. The molecular weight excluding hydrogens is 405 g/mol. The number of aromatic nitrogens is 4. The lowest BCUT2D eigenvalue weighted by molar-refractivity contribution is -0.0511. The van der Waals surface area contributed by atoms with Gasteiger partial charge in [0.05, 0.1) is 12.9 Å². The number of aliphatic hydroxyl groups is 3. The van der Waals surface area contributed by atoms with E-state index in [4.69, 9.17) is 4.74 Å². The predicted molar refractivity (Wildman–Crippen MR) is 110 cm³/mol. The Morgan fingerprint density at radius 2 is 1.90 bits per heavy atom. The smallest absolute Gasteiger partial charge is 0.167 e. The number of ether oxygens (including phenoxy) is 1. The van der Waals surface area contributed by atoms with Crippen molar-refractivity contribution in [2.24, 2.45) is 0 Å². The number of fused-ring (bicyclic) bond motifs is 1. The lowest BCUT2D eigenvalue weighted by Crippen LogP contribution is -2.33. The predicted octanol–water partition coefficient (Wildman–Crippen LogP) is 0.871. The zero-order chi connectivity index (χ0) is 21.5. The zero-order valence-electron chi connectivity index (χ0n) is 16.5. The van der Waals surface area contributed by atoms with Crippen molar-refractivity contribution in [3.8, 4) is 0 Å². The first-order chi connectivity index (χ1) is 15.1. The second-order valence-electron chi connectivity index (χ2n) is 7.68. The summed E-state index contributed by atoms with van der Waals surface area (Å²) in [4.78, 5) is 15.2. The summed E-state index contributed by atoms with van der Waals surface area (Å²) < 4.78 is 20.3. The van der Waals surface area contributed by atoms with Gasteiger partial charge in [0.25, 0.3) is 0 Å². The largest absolute Gasteiger partial charge is 0.394 e. The van der Waals surface area contributed by atoms with Gasteiger partial charge in [0.1, 0.15) is 30.5 Å². The molecule has 4 atom stereocenters. The van der Waals surface area contributed by atoms with Gasteiger partial charge in [-0.1, -0.05) is 18.2 Å². The highest BCUT2D eigenvalue weighted by Crippen LogP contribution is 2.33. The van der Waals surface area contributed by atoms with Gasteiger partial charge in [-0.2, -0.15) is 0 Å². The van der Waals surface area contributed by atoms with Crippen molar-refractivity contribution in [3.05, 3.63) is 54.4 Å². The Hall–Kier alpha value is -2.92.